The van der Waals surface area contributed by atoms with E-state index in [1.54, 1.807) is 0 Å². The van der Waals surface area contributed by atoms with Crippen molar-refractivity contribution in [3.8, 4) is 0 Å². The van der Waals surface area contributed by atoms with Gasteiger partial charge < -0.3 is 10.2 Å². The van der Waals surface area contributed by atoms with Gasteiger partial charge in [0.15, 0.2) is 0 Å². The van der Waals surface area contributed by atoms with Gasteiger partial charge in [-0.15, -0.1) is 0 Å². The van der Waals surface area contributed by atoms with E-state index < -0.39 is 0 Å². The molecule has 0 spiro atoms. The summed E-state index contributed by atoms with van der Waals surface area (Å²) in [4.78, 5) is 0. The Morgan fingerprint density at radius 2 is 1.76 bits per heavy atom. The Balaban J connectivity index is 1.46. The van der Waals surface area contributed by atoms with Gasteiger partial charge in [-0.3, -0.25) is 0 Å². The highest BCUT2D eigenvalue weighted by Crippen LogP contribution is 2.65. The summed E-state index contributed by atoms with van der Waals surface area (Å²) in [6.45, 7) is 4.79. The number of aliphatic hydroxyl groups is 2. The van der Waals surface area contributed by atoms with Gasteiger partial charge in [-0.05, 0) is 91.4 Å². The van der Waals surface area contributed by atoms with E-state index in [-0.39, 0.29) is 23.0 Å². The van der Waals surface area contributed by atoms with E-state index >= 15 is 0 Å². The molecule has 0 bridgehead atoms. The van der Waals surface area contributed by atoms with Crippen LogP contribution in [0, 0.1) is 28.6 Å². The Hall–Kier alpha value is -1.09. The van der Waals surface area contributed by atoms with Crippen LogP contribution in [0.25, 0.3) is 6.08 Å². The number of benzene rings is 1. The van der Waals surface area contributed by atoms with E-state index in [2.05, 4.69) is 26.0 Å². The summed E-state index contributed by atoms with van der Waals surface area (Å²) >= 11 is 6.04. The van der Waals surface area contributed by atoms with Crippen molar-refractivity contribution in [2.75, 3.05) is 0 Å². The zero-order chi connectivity index (χ0) is 20.4. The Bertz CT molecular complexity index is 856. The number of allylic oxidation sites excluding steroid dienone is 1. The first-order chi connectivity index (χ1) is 13.8. The molecule has 0 radical (unpaired) electrons. The highest BCUT2D eigenvalue weighted by molar-refractivity contribution is 6.30. The van der Waals surface area contributed by atoms with E-state index in [0.29, 0.717) is 17.8 Å². The fourth-order valence-corrected chi connectivity index (χ4v) is 7.54. The number of hydrogen-bond acceptors (Lipinski definition) is 2. The molecule has 0 amide bonds. The molecule has 0 aliphatic heterocycles. The summed E-state index contributed by atoms with van der Waals surface area (Å²) < 4.78 is 0. The molecule has 3 fully saturated rings. The summed E-state index contributed by atoms with van der Waals surface area (Å²) in [7, 11) is 0. The van der Waals surface area contributed by atoms with Crippen LogP contribution in [0.5, 0.6) is 0 Å². The Morgan fingerprint density at radius 1 is 1.00 bits per heavy atom. The lowest BCUT2D eigenvalue weighted by atomic mass is 9.48. The number of aliphatic hydroxyl groups excluding tert-OH is 2. The second-order valence-electron chi connectivity index (χ2n) is 10.6. The van der Waals surface area contributed by atoms with Gasteiger partial charge in [-0.1, -0.05) is 55.3 Å². The average Bonchev–Trinajstić information content (AvgIpc) is 2.95. The number of halogens is 1. The molecule has 1 aromatic rings. The van der Waals surface area contributed by atoms with Crippen LogP contribution in [0.4, 0.5) is 0 Å². The molecule has 0 aromatic heterocycles. The predicted octanol–water partition coefficient (Wildman–Crippen LogP) is 6.02. The molecule has 0 heterocycles. The molecule has 2 nitrogen and oxygen atoms in total. The Labute approximate surface area is 179 Å². The average molecular weight is 413 g/mol. The zero-order valence-corrected chi connectivity index (χ0v) is 18.3. The van der Waals surface area contributed by atoms with Gasteiger partial charge in [-0.2, -0.15) is 0 Å². The van der Waals surface area contributed by atoms with Crippen LogP contribution >= 0.6 is 11.6 Å². The van der Waals surface area contributed by atoms with Crippen LogP contribution in [0.2, 0.25) is 5.02 Å². The third-order valence-corrected chi connectivity index (χ3v) is 9.42. The van der Waals surface area contributed by atoms with Crippen molar-refractivity contribution in [1.29, 1.82) is 0 Å². The van der Waals surface area contributed by atoms with Crippen molar-refractivity contribution >= 4 is 17.7 Å². The largest absolute Gasteiger partial charge is 0.393 e. The lowest BCUT2D eigenvalue weighted by molar-refractivity contribution is -0.0685. The van der Waals surface area contributed by atoms with E-state index in [1.807, 2.05) is 24.3 Å². The van der Waals surface area contributed by atoms with Crippen molar-refractivity contribution < 1.29 is 10.2 Å². The van der Waals surface area contributed by atoms with E-state index in [4.69, 9.17) is 11.6 Å². The highest BCUT2D eigenvalue weighted by Gasteiger charge is 2.59. The van der Waals surface area contributed by atoms with Crippen LogP contribution in [-0.4, -0.2) is 22.4 Å². The predicted molar refractivity (Wildman–Crippen MR) is 119 cm³/mol. The first-order valence-electron chi connectivity index (χ1n) is 11.3. The van der Waals surface area contributed by atoms with Gasteiger partial charge in [0.25, 0.3) is 0 Å². The van der Waals surface area contributed by atoms with E-state index in [9.17, 15) is 10.2 Å². The molecule has 1 aromatic carbocycles. The second-order valence-corrected chi connectivity index (χ2v) is 11.0. The van der Waals surface area contributed by atoms with Crippen LogP contribution in [0.1, 0.15) is 64.4 Å². The lowest BCUT2D eigenvalue weighted by Gasteiger charge is -2.57. The molecular formula is C26H33ClO2. The fourth-order valence-electron chi connectivity index (χ4n) is 7.41. The number of hydrogen-bond donors (Lipinski definition) is 2. The second kappa shape index (κ2) is 6.97. The maximum atomic E-state index is 11.3. The van der Waals surface area contributed by atoms with Crippen molar-refractivity contribution in [3.63, 3.8) is 0 Å². The van der Waals surface area contributed by atoms with Crippen molar-refractivity contribution in [2.45, 2.75) is 71.0 Å². The van der Waals surface area contributed by atoms with E-state index in [0.717, 1.165) is 49.1 Å². The minimum absolute atomic E-state index is 0.0185. The molecule has 0 saturated heterocycles. The van der Waals surface area contributed by atoms with Crippen molar-refractivity contribution in [2.24, 2.45) is 28.6 Å². The fraction of sp³-hybridized carbons (Fsp3) is 0.615. The SMILES string of the molecule is CC12CCC(O)CC1=CCC1C2CCC2(C)C(O)/C(=C/c3ccc(Cl)cc3)CC12. The standard InChI is InChI=1S/C26H33ClO2/c1-25-11-9-20(28)15-18(25)5-8-21-22(25)10-12-26(2)23(21)14-17(24(26)29)13-16-3-6-19(27)7-4-16/h3-7,13,20-24,28-29H,8-12,14-15H2,1-2H3/b17-13+. The maximum Gasteiger partial charge on any atom is 0.0809 e. The van der Waals surface area contributed by atoms with Gasteiger partial charge >= 0.3 is 0 Å². The summed E-state index contributed by atoms with van der Waals surface area (Å²) in [6, 6.07) is 7.93. The number of fused-ring (bicyclic) bond motifs is 5. The third kappa shape index (κ3) is 3.06. The molecule has 7 atom stereocenters. The molecule has 3 heteroatoms. The minimum Gasteiger partial charge on any atom is -0.393 e. The van der Waals surface area contributed by atoms with Crippen molar-refractivity contribution in [1.82, 2.24) is 0 Å². The van der Waals surface area contributed by atoms with Crippen LogP contribution in [0.15, 0.2) is 41.5 Å². The molecule has 2 N–H and O–H groups in total. The van der Waals surface area contributed by atoms with Crippen LogP contribution in [0.3, 0.4) is 0 Å². The topological polar surface area (TPSA) is 40.5 Å². The molecular weight excluding hydrogens is 380 g/mol. The number of rotatable bonds is 1. The van der Waals surface area contributed by atoms with Gasteiger partial charge in [0.2, 0.25) is 0 Å². The maximum absolute atomic E-state index is 11.3. The summed E-state index contributed by atoms with van der Waals surface area (Å²) in [5.41, 5.74) is 4.06. The minimum atomic E-state index is -0.351. The monoisotopic (exact) mass is 412 g/mol. The summed E-state index contributed by atoms with van der Waals surface area (Å²) in [5.74, 6) is 1.87. The smallest absolute Gasteiger partial charge is 0.0809 e. The Kier molecular flexibility index (Phi) is 4.77. The molecule has 7 unspecified atom stereocenters. The van der Waals surface area contributed by atoms with Crippen molar-refractivity contribution in [3.05, 3.63) is 52.1 Å². The quantitative estimate of drug-likeness (QED) is 0.554. The van der Waals surface area contributed by atoms with Crippen LogP contribution < -0.4 is 0 Å². The van der Waals surface area contributed by atoms with Gasteiger partial charge in [-0.25, -0.2) is 0 Å². The van der Waals surface area contributed by atoms with Gasteiger partial charge in [0.05, 0.1) is 12.2 Å². The first kappa shape index (κ1) is 19.8. The molecule has 156 valence electrons. The third-order valence-electron chi connectivity index (χ3n) is 9.17. The summed E-state index contributed by atoms with van der Waals surface area (Å²) in [6.07, 6.45) is 11.5. The molecule has 5 rings (SSSR count). The molecule has 3 saturated carbocycles. The lowest BCUT2D eigenvalue weighted by Crippen LogP contribution is -2.51. The first-order valence-corrected chi connectivity index (χ1v) is 11.7. The van der Waals surface area contributed by atoms with E-state index in [1.165, 1.54) is 17.6 Å². The highest BCUT2D eigenvalue weighted by atomic mass is 35.5. The summed E-state index contributed by atoms with van der Waals surface area (Å²) in [5, 5.41) is 22.3. The molecule has 29 heavy (non-hydrogen) atoms. The van der Waals surface area contributed by atoms with Gasteiger partial charge in [0, 0.05) is 10.4 Å². The Morgan fingerprint density at radius 3 is 2.52 bits per heavy atom. The zero-order valence-electron chi connectivity index (χ0n) is 17.6. The van der Waals surface area contributed by atoms with Crippen LogP contribution in [-0.2, 0) is 0 Å². The molecule has 4 aliphatic carbocycles. The van der Waals surface area contributed by atoms with Gasteiger partial charge in [0.1, 0.15) is 0 Å². The normalized spacial score (nSPS) is 45.3. The molecule has 4 aliphatic rings.